The Bertz CT molecular complexity index is 2020. The van der Waals surface area contributed by atoms with Crippen molar-refractivity contribution in [3.63, 3.8) is 0 Å². The van der Waals surface area contributed by atoms with Crippen molar-refractivity contribution in [1.29, 1.82) is 0 Å². The van der Waals surface area contributed by atoms with Crippen LogP contribution in [0.5, 0.6) is 0 Å². The van der Waals surface area contributed by atoms with Gasteiger partial charge in [-0.1, -0.05) is 194 Å². The molecule has 0 amide bonds. The first kappa shape index (κ1) is 34.0. The Morgan fingerprint density at radius 1 is 0.271 bits per heavy atom. The molecule has 48 heavy (non-hydrogen) atoms. The molecule has 8 rings (SSSR count). The van der Waals surface area contributed by atoms with Crippen LogP contribution in [0.15, 0.2) is 194 Å². The summed E-state index contributed by atoms with van der Waals surface area (Å²) in [5.41, 5.74) is 2.70. The molecule has 0 saturated heterocycles. The second-order valence-electron chi connectivity index (χ2n) is 11.4. The third-order valence-electron chi connectivity index (χ3n) is 8.60. The average Bonchev–Trinajstić information content (AvgIpc) is 3.14. The SMILES string of the molecule is Cl.[Pd].c1ccc(P(c2ccccc2)c2ccc3ccccc3c2-c2c(P(c3ccccc3)c3ccccc3)ccc3ccccc23)cc1. The Morgan fingerprint density at radius 3 is 0.854 bits per heavy atom. The van der Waals surface area contributed by atoms with E-state index in [0.717, 1.165) is 0 Å². The molecule has 0 aliphatic heterocycles. The average molecular weight is 766 g/mol. The van der Waals surface area contributed by atoms with Gasteiger partial charge in [0.05, 0.1) is 0 Å². The van der Waals surface area contributed by atoms with E-state index in [1.165, 1.54) is 64.5 Å². The molecule has 236 valence electrons. The van der Waals surface area contributed by atoms with Crippen molar-refractivity contribution in [2.45, 2.75) is 0 Å². The Balaban J connectivity index is 0.00000201. The fraction of sp³-hybridized carbons (Fsp3) is 0. The first-order chi connectivity index (χ1) is 22.9. The van der Waals surface area contributed by atoms with Crippen molar-refractivity contribution in [3.05, 3.63) is 194 Å². The van der Waals surface area contributed by atoms with Crippen molar-refractivity contribution in [3.8, 4) is 11.1 Å². The molecule has 8 aromatic carbocycles. The van der Waals surface area contributed by atoms with E-state index in [0.29, 0.717) is 0 Å². The summed E-state index contributed by atoms with van der Waals surface area (Å²) < 4.78 is 0. The molecule has 0 spiro atoms. The summed E-state index contributed by atoms with van der Waals surface area (Å²) in [5, 5.41) is 13.3. The minimum atomic E-state index is -0.852. The van der Waals surface area contributed by atoms with Crippen LogP contribution in [0.4, 0.5) is 0 Å². The van der Waals surface area contributed by atoms with Crippen LogP contribution in [-0.2, 0) is 20.4 Å². The molecule has 0 aromatic heterocycles. The van der Waals surface area contributed by atoms with Gasteiger partial charge in [0.25, 0.3) is 0 Å². The van der Waals surface area contributed by atoms with E-state index in [2.05, 4.69) is 194 Å². The molecule has 4 heteroatoms. The normalized spacial score (nSPS) is 11.0. The topological polar surface area (TPSA) is 0 Å². The molecule has 0 fully saturated rings. The second-order valence-corrected chi connectivity index (χ2v) is 15.7. The summed E-state index contributed by atoms with van der Waals surface area (Å²) in [4.78, 5) is 0. The Hall–Kier alpha value is -3.91. The van der Waals surface area contributed by atoms with Crippen LogP contribution in [-0.4, -0.2) is 0 Å². The van der Waals surface area contributed by atoms with Gasteiger partial charge in [0.2, 0.25) is 0 Å². The summed E-state index contributed by atoms with van der Waals surface area (Å²) >= 11 is 0. The molecule has 0 saturated carbocycles. The van der Waals surface area contributed by atoms with Gasteiger partial charge >= 0.3 is 0 Å². The third-order valence-corrected chi connectivity index (χ3v) is 13.6. The van der Waals surface area contributed by atoms with Crippen LogP contribution >= 0.6 is 28.3 Å². The molecular weight excluding hydrogens is 732 g/mol. The molecule has 8 aromatic rings. The summed E-state index contributed by atoms with van der Waals surface area (Å²) in [6.07, 6.45) is 0. The predicted octanol–water partition coefficient (Wildman–Crippen LogP) is 9.60. The molecule has 0 aliphatic carbocycles. The zero-order valence-corrected chi connectivity index (χ0v) is 30.3. The van der Waals surface area contributed by atoms with E-state index in [1.54, 1.807) is 0 Å². The Morgan fingerprint density at radius 2 is 0.542 bits per heavy atom. The van der Waals surface area contributed by atoms with Gasteiger partial charge in [-0.05, 0) is 80.3 Å². The van der Waals surface area contributed by atoms with E-state index in [9.17, 15) is 0 Å². The van der Waals surface area contributed by atoms with Gasteiger partial charge in [-0.25, -0.2) is 0 Å². The van der Waals surface area contributed by atoms with Gasteiger partial charge in [0, 0.05) is 20.4 Å². The first-order valence-corrected chi connectivity index (χ1v) is 18.4. The van der Waals surface area contributed by atoms with E-state index in [1.807, 2.05) is 0 Å². The fourth-order valence-electron chi connectivity index (χ4n) is 6.58. The van der Waals surface area contributed by atoms with Crippen LogP contribution in [0.25, 0.3) is 32.7 Å². The molecule has 0 bridgehead atoms. The molecule has 0 nitrogen and oxygen atoms in total. The zero-order chi connectivity index (χ0) is 30.7. The van der Waals surface area contributed by atoms with Crippen molar-refractivity contribution in [2.75, 3.05) is 0 Å². The number of halogens is 1. The zero-order valence-electron chi connectivity index (χ0n) is 26.1. The maximum absolute atomic E-state index is 2.42. The van der Waals surface area contributed by atoms with Crippen LogP contribution in [0.2, 0.25) is 0 Å². The van der Waals surface area contributed by atoms with E-state index in [-0.39, 0.29) is 32.8 Å². The van der Waals surface area contributed by atoms with E-state index >= 15 is 0 Å². The summed E-state index contributed by atoms with van der Waals surface area (Å²) in [7, 11) is -1.70. The molecule has 0 atom stereocenters. The maximum Gasteiger partial charge on any atom is 0 e. The first-order valence-electron chi connectivity index (χ1n) is 15.7. The molecule has 0 radical (unpaired) electrons. The maximum atomic E-state index is 2.42. The molecule has 0 heterocycles. The standard InChI is InChI=1S/C44H32P2.ClH.Pd/c1-5-19-35(20-6-1)45(36-21-7-2-8-22-36)41-31-29-33-17-13-15-27-39(33)43(41)44-40-28-16-14-18-34(40)30-32-42(44)46(37-23-9-3-10-24-37)38-25-11-4-12-26-38;;/h1-32H;1H;. The molecule has 0 unspecified atom stereocenters. The van der Waals surface area contributed by atoms with Gasteiger partial charge in [-0.3, -0.25) is 0 Å². The fourth-order valence-corrected chi connectivity index (χ4v) is 11.5. The van der Waals surface area contributed by atoms with Gasteiger partial charge < -0.3 is 0 Å². The number of fused-ring (bicyclic) bond motifs is 2. The Labute approximate surface area is 305 Å². The molecular formula is C44H33ClP2Pd. The number of hydrogen-bond acceptors (Lipinski definition) is 0. The summed E-state index contributed by atoms with van der Waals surface area (Å²) in [5.74, 6) is 0. The number of rotatable bonds is 7. The summed E-state index contributed by atoms with van der Waals surface area (Å²) in [6.45, 7) is 0. The quantitative estimate of drug-likeness (QED) is 0.112. The van der Waals surface area contributed by atoms with E-state index in [4.69, 9.17) is 0 Å². The second kappa shape index (κ2) is 15.5. The van der Waals surface area contributed by atoms with Crippen molar-refractivity contribution in [1.82, 2.24) is 0 Å². The molecule has 0 N–H and O–H groups in total. The van der Waals surface area contributed by atoms with Gasteiger partial charge in [-0.15, -0.1) is 12.4 Å². The smallest absolute Gasteiger partial charge is 0 e. The predicted molar refractivity (Wildman–Crippen MR) is 212 cm³/mol. The number of hydrogen-bond donors (Lipinski definition) is 0. The molecule has 0 aliphatic rings. The van der Waals surface area contributed by atoms with Gasteiger partial charge in [0.1, 0.15) is 0 Å². The van der Waals surface area contributed by atoms with Crippen LogP contribution < -0.4 is 31.8 Å². The van der Waals surface area contributed by atoms with Gasteiger partial charge in [-0.2, -0.15) is 0 Å². The summed E-state index contributed by atoms with van der Waals surface area (Å²) in [6, 6.07) is 71.8. The van der Waals surface area contributed by atoms with Crippen LogP contribution in [0, 0.1) is 0 Å². The van der Waals surface area contributed by atoms with Crippen LogP contribution in [0.3, 0.4) is 0 Å². The monoisotopic (exact) mass is 764 g/mol. The van der Waals surface area contributed by atoms with Crippen molar-refractivity contribution < 1.29 is 20.4 Å². The minimum Gasteiger partial charge on any atom is -0.147 e. The Kier molecular flexibility index (Phi) is 11.0. The number of benzene rings is 8. The van der Waals surface area contributed by atoms with Gasteiger partial charge in [0.15, 0.2) is 0 Å². The van der Waals surface area contributed by atoms with Crippen molar-refractivity contribution in [2.24, 2.45) is 0 Å². The third kappa shape index (κ3) is 6.56. The van der Waals surface area contributed by atoms with Crippen LogP contribution in [0.1, 0.15) is 0 Å². The minimum absolute atomic E-state index is 0. The van der Waals surface area contributed by atoms with E-state index < -0.39 is 15.8 Å². The largest absolute Gasteiger partial charge is 0.147 e. The van der Waals surface area contributed by atoms with Crippen molar-refractivity contribution >= 4 is 81.6 Å².